The summed E-state index contributed by atoms with van der Waals surface area (Å²) in [6.07, 6.45) is -0.344. The predicted molar refractivity (Wildman–Crippen MR) is 170 cm³/mol. The topological polar surface area (TPSA) is 61.8 Å². The van der Waals surface area contributed by atoms with E-state index in [4.69, 9.17) is 13.8 Å². The van der Waals surface area contributed by atoms with Crippen molar-refractivity contribution in [3.05, 3.63) is 179 Å². The maximum atomic E-state index is 15.9. The molecule has 0 amide bonds. The molecular weight excluding hydrogens is 574 g/mol. The Kier molecular flexibility index (Phi) is 10.7. The molecule has 1 unspecified atom stereocenters. The van der Waals surface area contributed by atoms with Crippen molar-refractivity contribution in [3.63, 3.8) is 0 Å². The lowest BCUT2D eigenvalue weighted by molar-refractivity contribution is -0.124. The lowest BCUT2D eigenvalue weighted by Crippen LogP contribution is -2.34. The monoisotopic (exact) mass is 608 g/mol. The molecule has 0 bridgehead atoms. The zero-order valence-electron chi connectivity index (χ0n) is 24.2. The summed E-state index contributed by atoms with van der Waals surface area (Å²) >= 11 is 0. The molecule has 0 saturated carbocycles. The highest BCUT2D eigenvalue weighted by molar-refractivity contribution is 7.55. The third kappa shape index (κ3) is 7.47. The van der Waals surface area contributed by atoms with Gasteiger partial charge in [-0.25, -0.2) is 4.39 Å². The number of carbonyl (C=O) groups is 1. The van der Waals surface area contributed by atoms with Gasteiger partial charge in [-0.2, -0.15) is 0 Å². The minimum atomic E-state index is -4.52. The zero-order valence-corrected chi connectivity index (χ0v) is 25.1. The molecule has 5 nitrogen and oxygen atoms in total. The first-order valence-electron chi connectivity index (χ1n) is 14.5. The third-order valence-corrected chi connectivity index (χ3v) is 9.08. The molecular formula is C37H34FO5P. The Balaban J connectivity index is 1.37. The second-order valence-corrected chi connectivity index (χ2v) is 12.3. The molecule has 0 fully saturated rings. The van der Waals surface area contributed by atoms with Crippen LogP contribution in [0.25, 0.3) is 0 Å². The van der Waals surface area contributed by atoms with Crippen molar-refractivity contribution in [2.45, 2.75) is 31.1 Å². The maximum absolute atomic E-state index is 15.9. The number of ketones is 1. The van der Waals surface area contributed by atoms with Crippen molar-refractivity contribution in [3.8, 4) is 0 Å². The van der Waals surface area contributed by atoms with Crippen molar-refractivity contribution in [2.24, 2.45) is 0 Å². The molecule has 0 aliphatic rings. The van der Waals surface area contributed by atoms with Crippen molar-refractivity contribution in [2.75, 3.05) is 6.61 Å². The highest BCUT2D eigenvalue weighted by atomic mass is 31.2. The average Bonchev–Trinajstić information content (AvgIpc) is 3.10. The summed E-state index contributed by atoms with van der Waals surface area (Å²) in [5.41, 5.74) is 2.83. The van der Waals surface area contributed by atoms with Crippen molar-refractivity contribution in [1.29, 1.82) is 0 Å². The molecule has 7 heteroatoms. The first-order chi connectivity index (χ1) is 21.5. The largest absolute Gasteiger partial charge is 0.372 e. The summed E-state index contributed by atoms with van der Waals surface area (Å²) in [4.78, 5) is 13.3. The van der Waals surface area contributed by atoms with Crippen LogP contribution in [0, 0.1) is 0 Å². The van der Waals surface area contributed by atoms with E-state index < -0.39 is 24.9 Å². The smallest absolute Gasteiger partial charge is 0.360 e. The van der Waals surface area contributed by atoms with Gasteiger partial charge in [-0.1, -0.05) is 152 Å². The van der Waals surface area contributed by atoms with Gasteiger partial charge in [0, 0.05) is 6.42 Å². The summed E-state index contributed by atoms with van der Waals surface area (Å²) in [7, 11) is -4.52. The van der Waals surface area contributed by atoms with Gasteiger partial charge in [0.15, 0.2) is 5.78 Å². The molecule has 5 aromatic rings. The third-order valence-electron chi connectivity index (χ3n) is 7.26. The van der Waals surface area contributed by atoms with Gasteiger partial charge in [0.2, 0.25) is 0 Å². The minimum Gasteiger partial charge on any atom is -0.360 e. The van der Waals surface area contributed by atoms with E-state index in [1.54, 1.807) is 48.5 Å². The van der Waals surface area contributed by atoms with Crippen LogP contribution in [0.1, 0.15) is 34.2 Å². The Morgan fingerprint density at radius 3 is 1.30 bits per heavy atom. The van der Waals surface area contributed by atoms with Crippen LogP contribution < -0.4 is 0 Å². The summed E-state index contributed by atoms with van der Waals surface area (Å²) in [5, 5.41) is 0. The molecule has 44 heavy (non-hydrogen) atoms. The van der Waals surface area contributed by atoms with Gasteiger partial charge < -0.3 is 13.8 Å². The van der Waals surface area contributed by atoms with Crippen LogP contribution >= 0.6 is 7.60 Å². The number of alkyl halides is 1. The van der Waals surface area contributed by atoms with Crippen molar-refractivity contribution in [1.82, 2.24) is 0 Å². The van der Waals surface area contributed by atoms with Crippen LogP contribution in [0.2, 0.25) is 0 Å². The molecule has 1 atom stereocenters. The number of ether oxygens (including phenoxy) is 1. The Hall–Kier alpha value is -4.19. The fourth-order valence-corrected chi connectivity index (χ4v) is 6.49. The normalized spacial score (nSPS) is 12.5. The van der Waals surface area contributed by atoms with Gasteiger partial charge >= 0.3 is 7.60 Å². The number of benzene rings is 5. The van der Waals surface area contributed by atoms with Crippen molar-refractivity contribution >= 4 is 13.4 Å². The van der Waals surface area contributed by atoms with Crippen LogP contribution in [0.3, 0.4) is 0 Å². The van der Waals surface area contributed by atoms with Crippen LogP contribution in [-0.2, 0) is 42.0 Å². The Morgan fingerprint density at radius 1 is 0.591 bits per heavy atom. The first-order valence-corrected chi connectivity index (χ1v) is 16.1. The second-order valence-electron chi connectivity index (χ2n) is 10.2. The molecule has 0 aliphatic carbocycles. The molecule has 0 N–H and O–H groups in total. The van der Waals surface area contributed by atoms with Gasteiger partial charge in [-0.3, -0.25) is 9.36 Å². The summed E-state index contributed by atoms with van der Waals surface area (Å²) in [5.74, 6) is -3.41. The van der Waals surface area contributed by atoms with Crippen LogP contribution in [0.5, 0.6) is 0 Å². The van der Waals surface area contributed by atoms with E-state index in [2.05, 4.69) is 0 Å². The van der Waals surface area contributed by atoms with E-state index in [1.807, 2.05) is 103 Å². The van der Waals surface area contributed by atoms with Crippen molar-refractivity contribution < 1.29 is 27.5 Å². The van der Waals surface area contributed by atoms with Gasteiger partial charge in [0.05, 0.1) is 19.8 Å². The number of carbonyl (C=O) groups excluding carboxylic acids is 1. The van der Waals surface area contributed by atoms with E-state index in [0.717, 1.165) is 16.7 Å². The highest BCUT2D eigenvalue weighted by Gasteiger charge is 2.43. The van der Waals surface area contributed by atoms with Gasteiger partial charge in [-0.15, -0.1) is 0 Å². The molecule has 0 aliphatic heterocycles. The molecule has 0 radical (unpaired) electrons. The van der Waals surface area contributed by atoms with Gasteiger partial charge in [0.1, 0.15) is 5.60 Å². The maximum Gasteiger partial charge on any atom is 0.372 e. The van der Waals surface area contributed by atoms with E-state index in [-0.39, 0.29) is 26.2 Å². The number of rotatable bonds is 15. The van der Waals surface area contributed by atoms with Gasteiger partial charge in [0.25, 0.3) is 5.91 Å². The fraction of sp³-hybridized carbons (Fsp3) is 0.162. The van der Waals surface area contributed by atoms with E-state index in [0.29, 0.717) is 11.1 Å². The Labute approximate surface area is 257 Å². The standard InChI is InChI=1S/C37H34FO5P/c38-36(44(40,42-28-30-16-6-1-7-17-30)43-29-31-18-8-2-9-19-31)35(39)26-27-41-37(32-20-10-3-11-21-32,33-22-12-4-13-23-33)34-24-14-5-15-25-34/h1-25,36H,26-29H2. The Morgan fingerprint density at radius 2 is 0.932 bits per heavy atom. The lowest BCUT2D eigenvalue weighted by Gasteiger charge is -2.36. The lowest BCUT2D eigenvalue weighted by atomic mass is 9.80. The molecule has 5 rings (SSSR count). The summed E-state index contributed by atoms with van der Waals surface area (Å²) < 4.78 is 47.5. The Bertz CT molecular complexity index is 1490. The fourth-order valence-electron chi connectivity index (χ4n) is 5.01. The molecule has 0 heterocycles. The SMILES string of the molecule is O=C(CCOC(c1ccccc1)(c1ccccc1)c1ccccc1)C(F)P(=O)(OCc1ccccc1)OCc1ccccc1. The minimum absolute atomic E-state index is 0.144. The van der Waals surface area contributed by atoms with Crippen LogP contribution in [0.4, 0.5) is 4.39 Å². The molecule has 0 saturated heterocycles. The predicted octanol–water partition coefficient (Wildman–Crippen LogP) is 8.88. The van der Waals surface area contributed by atoms with E-state index in [9.17, 15) is 9.36 Å². The quantitative estimate of drug-likeness (QED) is 0.0878. The number of hydrogen-bond acceptors (Lipinski definition) is 5. The second kappa shape index (κ2) is 15.0. The number of hydrogen-bond donors (Lipinski definition) is 0. The van der Waals surface area contributed by atoms with E-state index in [1.165, 1.54) is 0 Å². The van der Waals surface area contributed by atoms with Gasteiger partial charge in [-0.05, 0) is 27.8 Å². The summed E-state index contributed by atoms with van der Waals surface area (Å²) in [6, 6.07) is 47.0. The van der Waals surface area contributed by atoms with Crippen LogP contribution in [0.15, 0.2) is 152 Å². The number of Topliss-reactive ketones (excluding diaryl/α,β-unsaturated/α-hetero) is 1. The molecule has 224 valence electrons. The zero-order chi connectivity index (χ0) is 30.7. The molecule has 0 aromatic heterocycles. The first kappa shape index (κ1) is 31.2. The number of halogens is 1. The molecule has 5 aromatic carbocycles. The summed E-state index contributed by atoms with van der Waals surface area (Å²) in [6.45, 7) is -0.484. The molecule has 0 spiro atoms. The average molecular weight is 609 g/mol. The van der Waals surface area contributed by atoms with E-state index >= 15 is 4.39 Å². The van der Waals surface area contributed by atoms with Crippen LogP contribution in [-0.4, -0.2) is 18.3 Å². The highest BCUT2D eigenvalue weighted by Crippen LogP contribution is 2.55.